The first kappa shape index (κ1) is 18.4. The van der Waals surface area contributed by atoms with E-state index in [2.05, 4.69) is 6.07 Å². The van der Waals surface area contributed by atoms with Gasteiger partial charge in [0.1, 0.15) is 5.75 Å². The van der Waals surface area contributed by atoms with Gasteiger partial charge in [0, 0.05) is 18.0 Å². The first-order chi connectivity index (χ1) is 12.7. The Bertz CT molecular complexity index is 746. The first-order valence-corrected chi connectivity index (χ1v) is 9.63. The van der Waals surface area contributed by atoms with Crippen LogP contribution in [0.3, 0.4) is 0 Å². The number of carbonyl (C=O) groups excluding carboxylic acids is 1. The van der Waals surface area contributed by atoms with Gasteiger partial charge in [0.25, 0.3) is 5.91 Å². The molecule has 0 N–H and O–H groups in total. The van der Waals surface area contributed by atoms with Crippen LogP contribution in [0.2, 0.25) is 0 Å². The largest absolute Gasteiger partial charge is 0.481 e. The van der Waals surface area contributed by atoms with Crippen molar-refractivity contribution in [2.75, 3.05) is 13.2 Å². The summed E-state index contributed by atoms with van der Waals surface area (Å²) in [5.74, 6) is 0.524. The lowest BCUT2D eigenvalue weighted by Crippen LogP contribution is -2.43. The molecule has 26 heavy (non-hydrogen) atoms. The number of amides is 1. The molecule has 2 heterocycles. The van der Waals surface area contributed by atoms with Crippen molar-refractivity contribution in [3.63, 3.8) is 0 Å². The van der Waals surface area contributed by atoms with E-state index in [1.807, 2.05) is 22.4 Å². The molecule has 1 aromatic heterocycles. The Hall–Kier alpha value is -2.36. The van der Waals surface area contributed by atoms with Crippen molar-refractivity contribution in [1.82, 2.24) is 4.90 Å². The number of benzene rings is 1. The molecule has 2 unspecified atom stereocenters. The van der Waals surface area contributed by atoms with Gasteiger partial charge in [-0.05, 0) is 55.5 Å². The van der Waals surface area contributed by atoms with Gasteiger partial charge in [-0.1, -0.05) is 6.07 Å². The fraction of sp³-hybridized carbons (Fsp3) is 0.400. The van der Waals surface area contributed by atoms with Gasteiger partial charge in [-0.15, -0.1) is 11.3 Å². The zero-order chi connectivity index (χ0) is 18.4. The molecule has 1 aliphatic rings. The van der Waals surface area contributed by atoms with Gasteiger partial charge in [0.15, 0.2) is 6.10 Å². The second kappa shape index (κ2) is 8.84. The number of hydrogen-bond acceptors (Lipinski definition) is 5. The third-order valence-electron chi connectivity index (χ3n) is 4.33. The highest BCUT2D eigenvalue weighted by molar-refractivity contribution is 7.09. The maximum absolute atomic E-state index is 13.0. The van der Waals surface area contributed by atoms with E-state index in [0.717, 1.165) is 24.3 Å². The second-order valence-electron chi connectivity index (χ2n) is 6.33. The molecule has 1 aromatic carbocycles. The fourth-order valence-electron chi connectivity index (χ4n) is 2.98. The molecule has 1 saturated heterocycles. The molecule has 1 amide bonds. The van der Waals surface area contributed by atoms with E-state index in [1.165, 1.54) is 0 Å². The Morgan fingerprint density at radius 2 is 2.23 bits per heavy atom. The first-order valence-electron chi connectivity index (χ1n) is 8.75. The van der Waals surface area contributed by atoms with Gasteiger partial charge in [-0.25, -0.2) is 0 Å². The summed E-state index contributed by atoms with van der Waals surface area (Å²) < 4.78 is 11.5. The Morgan fingerprint density at radius 1 is 1.42 bits per heavy atom. The molecule has 2 atom stereocenters. The number of rotatable bonds is 7. The van der Waals surface area contributed by atoms with Crippen molar-refractivity contribution in [2.45, 2.75) is 38.5 Å². The lowest BCUT2D eigenvalue weighted by Gasteiger charge is -2.28. The van der Waals surface area contributed by atoms with Crippen molar-refractivity contribution in [2.24, 2.45) is 0 Å². The lowest BCUT2D eigenvalue weighted by molar-refractivity contribution is -0.140. The topological polar surface area (TPSA) is 62.6 Å². The summed E-state index contributed by atoms with van der Waals surface area (Å²) in [5.41, 5.74) is 0.564. The highest BCUT2D eigenvalue weighted by atomic mass is 32.1. The van der Waals surface area contributed by atoms with Crippen LogP contribution in [0.15, 0.2) is 41.8 Å². The van der Waals surface area contributed by atoms with E-state index in [1.54, 1.807) is 42.5 Å². The zero-order valence-electron chi connectivity index (χ0n) is 14.8. The zero-order valence-corrected chi connectivity index (χ0v) is 15.6. The van der Waals surface area contributed by atoms with Gasteiger partial charge >= 0.3 is 0 Å². The molecule has 2 aromatic rings. The molecule has 0 radical (unpaired) electrons. The molecule has 3 rings (SSSR count). The summed E-state index contributed by atoms with van der Waals surface area (Å²) in [6.45, 7) is 3.68. The van der Waals surface area contributed by atoms with Gasteiger partial charge in [0.05, 0.1) is 24.3 Å². The van der Waals surface area contributed by atoms with E-state index < -0.39 is 6.10 Å². The maximum Gasteiger partial charge on any atom is 0.263 e. The molecule has 0 spiro atoms. The minimum absolute atomic E-state index is 0.0572. The van der Waals surface area contributed by atoms with Crippen LogP contribution in [-0.2, 0) is 16.1 Å². The third kappa shape index (κ3) is 4.84. The number of hydrogen-bond donors (Lipinski definition) is 0. The smallest absolute Gasteiger partial charge is 0.263 e. The highest BCUT2D eigenvalue weighted by Gasteiger charge is 2.27. The van der Waals surface area contributed by atoms with E-state index in [9.17, 15) is 4.79 Å². The minimum atomic E-state index is -0.607. The van der Waals surface area contributed by atoms with Crippen molar-refractivity contribution in [1.29, 1.82) is 5.26 Å². The predicted octanol–water partition coefficient (Wildman–Crippen LogP) is 3.59. The minimum Gasteiger partial charge on any atom is -0.481 e. The molecule has 136 valence electrons. The van der Waals surface area contributed by atoms with Crippen LogP contribution in [0.1, 0.15) is 30.2 Å². The van der Waals surface area contributed by atoms with E-state index >= 15 is 0 Å². The molecule has 0 bridgehead atoms. The third-order valence-corrected chi connectivity index (χ3v) is 5.19. The van der Waals surface area contributed by atoms with Crippen molar-refractivity contribution >= 4 is 17.2 Å². The van der Waals surface area contributed by atoms with Crippen LogP contribution in [0.25, 0.3) is 0 Å². The normalized spacial score (nSPS) is 17.5. The number of thiophene rings is 1. The standard InChI is InChI=1S/C20H22N2O3S/c1-15(25-17-8-6-16(12-21)7-9-17)20(23)22(13-18-4-2-10-24-18)14-19-5-3-11-26-19/h3,5-9,11,15,18H,2,4,10,13-14H2,1H3. The van der Waals surface area contributed by atoms with Crippen LogP contribution in [-0.4, -0.2) is 36.2 Å². The Labute approximate surface area is 157 Å². The average Bonchev–Trinajstić information content (AvgIpc) is 3.35. The molecular formula is C20H22N2O3S. The molecular weight excluding hydrogens is 348 g/mol. The summed E-state index contributed by atoms with van der Waals surface area (Å²) in [6, 6.07) is 12.9. The molecule has 5 nitrogen and oxygen atoms in total. The quantitative estimate of drug-likeness (QED) is 0.747. The monoisotopic (exact) mass is 370 g/mol. The average molecular weight is 370 g/mol. The predicted molar refractivity (Wildman–Crippen MR) is 100.0 cm³/mol. The van der Waals surface area contributed by atoms with E-state index in [0.29, 0.717) is 24.4 Å². The SMILES string of the molecule is CC(Oc1ccc(C#N)cc1)C(=O)N(Cc1cccs1)CC1CCCO1. The molecule has 1 aliphatic heterocycles. The molecule has 1 fully saturated rings. The molecule has 6 heteroatoms. The van der Waals surface area contributed by atoms with Gasteiger partial charge in [-0.3, -0.25) is 4.79 Å². The highest BCUT2D eigenvalue weighted by Crippen LogP contribution is 2.20. The number of nitrogens with zero attached hydrogens (tertiary/aromatic N) is 2. The molecule has 0 saturated carbocycles. The van der Waals surface area contributed by atoms with E-state index in [4.69, 9.17) is 14.7 Å². The summed E-state index contributed by atoms with van der Waals surface area (Å²) in [7, 11) is 0. The van der Waals surface area contributed by atoms with Crippen LogP contribution in [0.4, 0.5) is 0 Å². The Kier molecular flexibility index (Phi) is 6.26. The Morgan fingerprint density at radius 3 is 2.85 bits per heavy atom. The number of carbonyl (C=O) groups is 1. The van der Waals surface area contributed by atoms with E-state index in [-0.39, 0.29) is 12.0 Å². The lowest BCUT2D eigenvalue weighted by atomic mass is 10.2. The number of ether oxygens (including phenoxy) is 2. The van der Waals surface area contributed by atoms with Gasteiger partial charge in [0.2, 0.25) is 0 Å². The van der Waals surface area contributed by atoms with Crippen molar-refractivity contribution in [3.8, 4) is 11.8 Å². The molecule has 0 aliphatic carbocycles. The Balaban J connectivity index is 1.66. The van der Waals surface area contributed by atoms with Gasteiger partial charge in [-0.2, -0.15) is 5.26 Å². The van der Waals surface area contributed by atoms with Crippen molar-refractivity contribution < 1.29 is 14.3 Å². The number of nitriles is 1. The second-order valence-corrected chi connectivity index (χ2v) is 7.36. The fourth-order valence-corrected chi connectivity index (χ4v) is 3.70. The summed E-state index contributed by atoms with van der Waals surface area (Å²) >= 11 is 1.64. The van der Waals surface area contributed by atoms with Gasteiger partial charge < -0.3 is 14.4 Å². The maximum atomic E-state index is 13.0. The van der Waals surface area contributed by atoms with Crippen LogP contribution >= 0.6 is 11.3 Å². The van der Waals surface area contributed by atoms with Crippen LogP contribution in [0, 0.1) is 11.3 Å². The van der Waals surface area contributed by atoms with Crippen LogP contribution < -0.4 is 4.74 Å². The van der Waals surface area contributed by atoms with Crippen molar-refractivity contribution in [3.05, 3.63) is 52.2 Å². The summed E-state index contributed by atoms with van der Waals surface area (Å²) in [6.07, 6.45) is 1.52. The summed E-state index contributed by atoms with van der Waals surface area (Å²) in [5, 5.41) is 10.9. The van der Waals surface area contributed by atoms with Crippen LogP contribution in [0.5, 0.6) is 5.75 Å². The summed E-state index contributed by atoms with van der Waals surface area (Å²) in [4.78, 5) is 16.0.